The standard InChI is InChI=1S/C18H36N2/c1-5-10-20(12-14-6-7-14)13-15-11-16(18(2,3)4)8-9-17(15)19/h14-17H,5-13,19H2,1-4H3. The van der Waals surface area contributed by atoms with Gasteiger partial charge in [-0.2, -0.15) is 0 Å². The van der Waals surface area contributed by atoms with Crippen LogP contribution in [-0.4, -0.2) is 30.6 Å². The number of nitrogens with zero attached hydrogens (tertiary/aromatic N) is 1. The quantitative estimate of drug-likeness (QED) is 0.799. The Bertz CT molecular complexity index is 290. The molecule has 2 nitrogen and oxygen atoms in total. The van der Waals surface area contributed by atoms with Crippen LogP contribution in [0.4, 0.5) is 0 Å². The first kappa shape index (κ1) is 16.3. The minimum atomic E-state index is 0.437. The van der Waals surface area contributed by atoms with Crippen molar-refractivity contribution in [3.05, 3.63) is 0 Å². The molecule has 0 saturated heterocycles. The summed E-state index contributed by atoms with van der Waals surface area (Å²) in [5, 5.41) is 0. The number of rotatable bonds is 6. The summed E-state index contributed by atoms with van der Waals surface area (Å²) in [7, 11) is 0. The van der Waals surface area contributed by atoms with Gasteiger partial charge in [-0.15, -0.1) is 0 Å². The first-order valence-corrected chi connectivity index (χ1v) is 8.88. The Hall–Kier alpha value is -0.0800. The monoisotopic (exact) mass is 280 g/mol. The molecule has 0 aromatic carbocycles. The summed E-state index contributed by atoms with van der Waals surface area (Å²) in [5.74, 6) is 2.58. The Morgan fingerprint density at radius 2 is 1.75 bits per heavy atom. The normalized spacial score (nSPS) is 31.8. The van der Waals surface area contributed by atoms with Crippen molar-refractivity contribution in [1.29, 1.82) is 0 Å². The Labute approximate surface area is 126 Å². The highest BCUT2D eigenvalue weighted by atomic mass is 15.1. The Balaban J connectivity index is 1.89. The average molecular weight is 280 g/mol. The highest BCUT2D eigenvalue weighted by molar-refractivity contribution is 4.89. The molecule has 20 heavy (non-hydrogen) atoms. The predicted molar refractivity (Wildman–Crippen MR) is 87.7 cm³/mol. The lowest BCUT2D eigenvalue weighted by atomic mass is 9.67. The van der Waals surface area contributed by atoms with Crippen LogP contribution < -0.4 is 5.73 Å². The fourth-order valence-electron chi connectivity index (χ4n) is 3.85. The molecule has 2 heteroatoms. The van der Waals surface area contributed by atoms with Crippen molar-refractivity contribution >= 4 is 0 Å². The maximum atomic E-state index is 6.45. The summed E-state index contributed by atoms with van der Waals surface area (Å²) in [4.78, 5) is 2.72. The van der Waals surface area contributed by atoms with Gasteiger partial charge in [0, 0.05) is 19.1 Å². The fourth-order valence-corrected chi connectivity index (χ4v) is 3.85. The fraction of sp³-hybridized carbons (Fsp3) is 1.00. The van der Waals surface area contributed by atoms with E-state index in [-0.39, 0.29) is 0 Å². The van der Waals surface area contributed by atoms with Gasteiger partial charge < -0.3 is 10.6 Å². The molecule has 0 aromatic rings. The summed E-state index contributed by atoms with van der Waals surface area (Å²) >= 11 is 0. The third kappa shape index (κ3) is 4.73. The van der Waals surface area contributed by atoms with E-state index in [0.717, 1.165) is 17.8 Å². The summed E-state index contributed by atoms with van der Waals surface area (Å²) < 4.78 is 0. The molecule has 118 valence electrons. The minimum Gasteiger partial charge on any atom is -0.327 e. The van der Waals surface area contributed by atoms with Crippen LogP contribution in [0.25, 0.3) is 0 Å². The first-order chi connectivity index (χ1) is 9.40. The van der Waals surface area contributed by atoms with Crippen LogP contribution >= 0.6 is 0 Å². The lowest BCUT2D eigenvalue weighted by molar-refractivity contribution is 0.0973. The SMILES string of the molecule is CCCN(CC1CC1)CC1CC(C(C)(C)C)CCC1N. The third-order valence-corrected chi connectivity index (χ3v) is 5.51. The predicted octanol–water partition coefficient (Wildman–Crippen LogP) is 3.90. The summed E-state index contributed by atoms with van der Waals surface area (Å²) in [6, 6.07) is 0.437. The van der Waals surface area contributed by atoms with Gasteiger partial charge in [-0.3, -0.25) is 0 Å². The van der Waals surface area contributed by atoms with Crippen LogP contribution in [0.1, 0.15) is 66.2 Å². The van der Waals surface area contributed by atoms with E-state index in [9.17, 15) is 0 Å². The van der Waals surface area contributed by atoms with Crippen molar-refractivity contribution in [2.45, 2.75) is 72.3 Å². The molecule has 2 rings (SSSR count). The van der Waals surface area contributed by atoms with Crippen molar-refractivity contribution in [3.8, 4) is 0 Å². The minimum absolute atomic E-state index is 0.437. The van der Waals surface area contributed by atoms with Gasteiger partial charge in [-0.1, -0.05) is 27.7 Å². The van der Waals surface area contributed by atoms with E-state index in [1.54, 1.807) is 0 Å². The zero-order valence-electron chi connectivity index (χ0n) is 14.2. The second-order valence-corrected chi connectivity index (χ2v) is 8.50. The van der Waals surface area contributed by atoms with Crippen LogP contribution in [0.3, 0.4) is 0 Å². The molecule has 0 heterocycles. The molecule has 0 amide bonds. The van der Waals surface area contributed by atoms with E-state index >= 15 is 0 Å². The largest absolute Gasteiger partial charge is 0.327 e. The van der Waals surface area contributed by atoms with Gasteiger partial charge in [0.05, 0.1) is 0 Å². The lowest BCUT2D eigenvalue weighted by Gasteiger charge is -2.42. The van der Waals surface area contributed by atoms with Crippen LogP contribution in [0, 0.1) is 23.2 Å². The number of hydrogen-bond acceptors (Lipinski definition) is 2. The molecule has 0 aliphatic heterocycles. The maximum Gasteiger partial charge on any atom is 0.00795 e. The van der Waals surface area contributed by atoms with E-state index in [1.807, 2.05) is 0 Å². The Kier molecular flexibility index (Phi) is 5.53. The molecule has 3 unspecified atom stereocenters. The molecule has 3 atom stereocenters. The summed E-state index contributed by atoms with van der Waals surface area (Å²) in [6.07, 6.45) is 8.10. The van der Waals surface area contributed by atoms with Gasteiger partial charge >= 0.3 is 0 Å². The molecular weight excluding hydrogens is 244 g/mol. The van der Waals surface area contributed by atoms with E-state index in [1.165, 1.54) is 58.2 Å². The van der Waals surface area contributed by atoms with Crippen LogP contribution in [0.2, 0.25) is 0 Å². The molecule has 0 radical (unpaired) electrons. The molecule has 0 spiro atoms. The van der Waals surface area contributed by atoms with Crippen molar-refractivity contribution in [3.63, 3.8) is 0 Å². The molecule has 2 aliphatic carbocycles. The highest BCUT2D eigenvalue weighted by Crippen LogP contribution is 2.40. The van der Waals surface area contributed by atoms with E-state index in [2.05, 4.69) is 32.6 Å². The Morgan fingerprint density at radius 3 is 2.30 bits per heavy atom. The molecule has 2 N–H and O–H groups in total. The van der Waals surface area contributed by atoms with Crippen molar-refractivity contribution in [1.82, 2.24) is 4.90 Å². The summed E-state index contributed by atoms with van der Waals surface area (Å²) in [6.45, 7) is 13.4. The van der Waals surface area contributed by atoms with Gasteiger partial charge in [0.1, 0.15) is 0 Å². The van der Waals surface area contributed by atoms with Crippen molar-refractivity contribution in [2.24, 2.45) is 28.9 Å². The zero-order valence-corrected chi connectivity index (χ0v) is 14.2. The van der Waals surface area contributed by atoms with Gasteiger partial charge in [-0.25, -0.2) is 0 Å². The molecule has 2 fully saturated rings. The zero-order chi connectivity index (χ0) is 14.8. The topological polar surface area (TPSA) is 29.3 Å². The average Bonchev–Trinajstić information content (AvgIpc) is 3.14. The van der Waals surface area contributed by atoms with Crippen LogP contribution in [0.15, 0.2) is 0 Å². The lowest BCUT2D eigenvalue weighted by Crippen LogP contribution is -2.45. The second kappa shape index (κ2) is 6.79. The molecule has 0 aromatic heterocycles. The number of nitrogens with two attached hydrogens (primary N) is 1. The van der Waals surface area contributed by atoms with Crippen LogP contribution in [-0.2, 0) is 0 Å². The Morgan fingerprint density at radius 1 is 1.05 bits per heavy atom. The smallest absolute Gasteiger partial charge is 0.00795 e. The van der Waals surface area contributed by atoms with E-state index in [4.69, 9.17) is 5.73 Å². The second-order valence-electron chi connectivity index (χ2n) is 8.50. The van der Waals surface area contributed by atoms with Gasteiger partial charge in [0.2, 0.25) is 0 Å². The van der Waals surface area contributed by atoms with E-state index in [0.29, 0.717) is 11.5 Å². The van der Waals surface area contributed by atoms with Gasteiger partial charge in [0.15, 0.2) is 0 Å². The van der Waals surface area contributed by atoms with Crippen LogP contribution in [0.5, 0.6) is 0 Å². The first-order valence-electron chi connectivity index (χ1n) is 8.88. The molecule has 2 aliphatic rings. The van der Waals surface area contributed by atoms with Crippen molar-refractivity contribution in [2.75, 3.05) is 19.6 Å². The number of hydrogen-bond donors (Lipinski definition) is 1. The highest BCUT2D eigenvalue weighted by Gasteiger charge is 2.35. The van der Waals surface area contributed by atoms with E-state index < -0.39 is 0 Å². The molecular formula is C18H36N2. The van der Waals surface area contributed by atoms with Gasteiger partial charge in [0.25, 0.3) is 0 Å². The third-order valence-electron chi connectivity index (χ3n) is 5.51. The molecule has 0 bridgehead atoms. The van der Waals surface area contributed by atoms with Gasteiger partial charge in [-0.05, 0) is 68.2 Å². The maximum absolute atomic E-state index is 6.45. The molecule has 2 saturated carbocycles. The van der Waals surface area contributed by atoms with Crippen molar-refractivity contribution < 1.29 is 0 Å². The summed E-state index contributed by atoms with van der Waals surface area (Å²) in [5.41, 5.74) is 6.90.